The predicted octanol–water partition coefficient (Wildman–Crippen LogP) is 5.53. The number of hydrogen-bond acceptors (Lipinski definition) is 5. The highest BCUT2D eigenvalue weighted by atomic mass is 31.2. The van der Waals surface area contributed by atoms with E-state index in [1.165, 1.54) is 51.0 Å². The standard InChI is InChI=1S/C22H36NO5P/c1-2-3-4-5-6-7-8-9-10-11-12-13-14-15-16-17-18-19-22(24)28-29(25,26)27-21-20-23/h10-19H,2-9,20-21,23H2,1H3,(H,25,26). The van der Waals surface area contributed by atoms with Crippen LogP contribution >= 0.6 is 7.82 Å². The van der Waals surface area contributed by atoms with Crippen molar-refractivity contribution in [3.63, 3.8) is 0 Å². The molecule has 0 radical (unpaired) electrons. The van der Waals surface area contributed by atoms with Crippen LogP contribution in [0, 0.1) is 0 Å². The van der Waals surface area contributed by atoms with Crippen LogP contribution in [0.1, 0.15) is 58.3 Å². The van der Waals surface area contributed by atoms with E-state index in [-0.39, 0.29) is 13.2 Å². The number of nitrogens with two attached hydrogens (primary N) is 1. The molecule has 0 heterocycles. The summed E-state index contributed by atoms with van der Waals surface area (Å²) in [6.45, 7) is 2.12. The molecule has 0 rings (SSSR count). The van der Waals surface area contributed by atoms with Gasteiger partial charge in [-0.1, -0.05) is 100 Å². The summed E-state index contributed by atoms with van der Waals surface area (Å²) < 4.78 is 20.1. The second-order valence-electron chi connectivity index (χ2n) is 6.35. The lowest BCUT2D eigenvalue weighted by molar-refractivity contribution is -0.130. The summed E-state index contributed by atoms with van der Waals surface area (Å²) >= 11 is 0. The number of hydrogen-bond donors (Lipinski definition) is 2. The molecule has 0 aliphatic carbocycles. The number of phosphoric acid groups is 1. The summed E-state index contributed by atoms with van der Waals surface area (Å²) in [4.78, 5) is 20.6. The zero-order chi connectivity index (χ0) is 21.6. The van der Waals surface area contributed by atoms with Gasteiger partial charge in [-0.3, -0.25) is 9.42 Å². The van der Waals surface area contributed by atoms with Crippen LogP contribution in [-0.4, -0.2) is 24.0 Å². The summed E-state index contributed by atoms with van der Waals surface area (Å²) in [6, 6.07) is 0. The molecule has 0 amide bonds. The van der Waals surface area contributed by atoms with Gasteiger partial charge in [-0.15, -0.1) is 0 Å². The van der Waals surface area contributed by atoms with Crippen molar-refractivity contribution in [2.75, 3.05) is 13.2 Å². The Morgan fingerprint density at radius 3 is 2.07 bits per heavy atom. The second kappa shape index (κ2) is 19.6. The Morgan fingerprint density at radius 2 is 1.45 bits per heavy atom. The third kappa shape index (κ3) is 20.8. The number of carbonyl (C=O) groups is 1. The first kappa shape index (κ1) is 27.3. The first-order chi connectivity index (χ1) is 14.0. The third-order valence-electron chi connectivity index (χ3n) is 3.70. The SMILES string of the molecule is CCCCCCCCCC=CC=CC=CC=CC=CC(=O)OP(=O)(O)OCCN. The largest absolute Gasteiger partial charge is 0.529 e. The Labute approximate surface area is 175 Å². The van der Waals surface area contributed by atoms with Crippen molar-refractivity contribution in [1.29, 1.82) is 0 Å². The molecule has 1 unspecified atom stereocenters. The fraction of sp³-hybridized carbons (Fsp3) is 0.500. The van der Waals surface area contributed by atoms with E-state index in [1.54, 1.807) is 18.2 Å². The average Bonchev–Trinajstić information content (AvgIpc) is 2.68. The molecule has 0 spiro atoms. The summed E-state index contributed by atoms with van der Waals surface area (Å²) in [5.41, 5.74) is 5.14. The Balaban J connectivity index is 3.84. The fourth-order valence-corrected chi connectivity index (χ4v) is 2.93. The Kier molecular flexibility index (Phi) is 18.4. The molecule has 1 atom stereocenters. The lowest BCUT2D eigenvalue weighted by Gasteiger charge is -2.08. The molecule has 0 aliphatic rings. The van der Waals surface area contributed by atoms with Gasteiger partial charge in [0.15, 0.2) is 0 Å². The molecule has 0 saturated heterocycles. The minimum Gasteiger partial charge on any atom is -0.367 e. The molecule has 0 aromatic carbocycles. The van der Waals surface area contributed by atoms with Crippen LogP contribution in [0.5, 0.6) is 0 Å². The van der Waals surface area contributed by atoms with E-state index in [0.717, 1.165) is 12.5 Å². The van der Waals surface area contributed by atoms with E-state index >= 15 is 0 Å². The van der Waals surface area contributed by atoms with Gasteiger partial charge in [0, 0.05) is 12.6 Å². The molecule has 0 saturated carbocycles. The van der Waals surface area contributed by atoms with Gasteiger partial charge in [0.05, 0.1) is 6.61 Å². The summed E-state index contributed by atoms with van der Waals surface area (Å²) in [5, 5.41) is 0. The summed E-state index contributed by atoms with van der Waals surface area (Å²) in [5.74, 6) is -0.965. The highest BCUT2D eigenvalue weighted by Gasteiger charge is 2.24. The van der Waals surface area contributed by atoms with Crippen molar-refractivity contribution < 1.29 is 23.3 Å². The van der Waals surface area contributed by atoms with Crippen LogP contribution < -0.4 is 5.73 Å². The lowest BCUT2D eigenvalue weighted by Crippen LogP contribution is -2.09. The van der Waals surface area contributed by atoms with E-state index in [0.29, 0.717) is 0 Å². The smallest absolute Gasteiger partial charge is 0.367 e. The predicted molar refractivity (Wildman–Crippen MR) is 119 cm³/mol. The highest BCUT2D eigenvalue weighted by Crippen LogP contribution is 2.43. The molecule has 0 fully saturated rings. The first-order valence-corrected chi connectivity index (χ1v) is 11.8. The van der Waals surface area contributed by atoms with Gasteiger partial charge < -0.3 is 10.3 Å². The molecular weight excluding hydrogens is 389 g/mol. The third-order valence-corrected chi connectivity index (χ3v) is 4.62. The molecule has 3 N–H and O–H groups in total. The number of unbranched alkanes of at least 4 members (excludes halogenated alkanes) is 7. The van der Waals surface area contributed by atoms with E-state index < -0.39 is 13.8 Å². The van der Waals surface area contributed by atoms with Gasteiger partial charge in [-0.25, -0.2) is 9.36 Å². The number of allylic oxidation sites excluding steroid dienone is 9. The van der Waals surface area contributed by atoms with Crippen molar-refractivity contribution in [3.8, 4) is 0 Å². The Hall–Kier alpha value is -1.72. The average molecular weight is 426 g/mol. The van der Waals surface area contributed by atoms with Gasteiger partial charge in [0.25, 0.3) is 0 Å². The topological polar surface area (TPSA) is 98.9 Å². The van der Waals surface area contributed by atoms with Crippen molar-refractivity contribution in [2.24, 2.45) is 5.73 Å². The van der Waals surface area contributed by atoms with Gasteiger partial charge in [0.2, 0.25) is 0 Å². The van der Waals surface area contributed by atoms with E-state index in [4.69, 9.17) is 5.73 Å². The zero-order valence-electron chi connectivity index (χ0n) is 17.4. The van der Waals surface area contributed by atoms with Crippen molar-refractivity contribution >= 4 is 13.8 Å². The van der Waals surface area contributed by atoms with Crippen LogP contribution in [0.2, 0.25) is 0 Å². The Morgan fingerprint density at radius 1 is 0.897 bits per heavy atom. The van der Waals surface area contributed by atoms with E-state index in [1.807, 2.05) is 24.3 Å². The molecule has 164 valence electrons. The van der Waals surface area contributed by atoms with Gasteiger partial charge in [-0.2, -0.15) is 0 Å². The Bertz CT molecular complexity index is 608. The monoisotopic (exact) mass is 425 g/mol. The molecule has 0 aromatic heterocycles. The normalized spacial score (nSPS) is 14.7. The molecule has 7 heteroatoms. The quantitative estimate of drug-likeness (QED) is 0.138. The van der Waals surface area contributed by atoms with Crippen molar-refractivity contribution in [3.05, 3.63) is 60.8 Å². The molecule has 6 nitrogen and oxygen atoms in total. The zero-order valence-corrected chi connectivity index (χ0v) is 18.3. The maximum absolute atomic E-state index is 11.4. The van der Waals surface area contributed by atoms with Gasteiger partial charge in [-0.05, 0) is 12.8 Å². The van der Waals surface area contributed by atoms with E-state index in [2.05, 4.69) is 22.0 Å². The molecule has 0 aliphatic heterocycles. The number of rotatable bonds is 17. The van der Waals surface area contributed by atoms with E-state index in [9.17, 15) is 14.3 Å². The lowest BCUT2D eigenvalue weighted by atomic mass is 10.1. The minimum absolute atomic E-state index is 0.0520. The molecule has 0 aromatic rings. The molecule has 29 heavy (non-hydrogen) atoms. The highest BCUT2D eigenvalue weighted by molar-refractivity contribution is 7.48. The van der Waals surface area contributed by atoms with Gasteiger partial charge >= 0.3 is 13.8 Å². The summed E-state index contributed by atoms with van der Waals surface area (Å²) in [6.07, 6.45) is 27.9. The fourth-order valence-electron chi connectivity index (χ4n) is 2.25. The first-order valence-electron chi connectivity index (χ1n) is 10.3. The van der Waals surface area contributed by atoms with Crippen LogP contribution in [0.4, 0.5) is 0 Å². The second-order valence-corrected chi connectivity index (χ2v) is 7.73. The number of carbonyl (C=O) groups excluding carboxylic acids is 1. The maximum atomic E-state index is 11.4. The van der Waals surface area contributed by atoms with Crippen LogP contribution in [0.15, 0.2) is 60.8 Å². The van der Waals surface area contributed by atoms with Crippen LogP contribution in [0.25, 0.3) is 0 Å². The minimum atomic E-state index is -4.39. The van der Waals surface area contributed by atoms with Crippen molar-refractivity contribution in [2.45, 2.75) is 58.3 Å². The maximum Gasteiger partial charge on any atom is 0.529 e. The van der Waals surface area contributed by atoms with Crippen molar-refractivity contribution in [1.82, 2.24) is 0 Å². The number of phosphoric ester groups is 1. The summed E-state index contributed by atoms with van der Waals surface area (Å²) in [7, 11) is -4.39. The molecular formula is C22H36NO5P. The van der Waals surface area contributed by atoms with Crippen LogP contribution in [-0.2, 0) is 18.4 Å². The van der Waals surface area contributed by atoms with Gasteiger partial charge in [0.1, 0.15) is 0 Å². The van der Waals surface area contributed by atoms with Crippen LogP contribution in [0.3, 0.4) is 0 Å². The molecule has 0 bridgehead atoms.